The second-order valence-electron chi connectivity index (χ2n) is 5.23. The molecule has 0 atom stereocenters. The van der Waals surface area contributed by atoms with E-state index in [-0.39, 0.29) is 5.75 Å². The summed E-state index contributed by atoms with van der Waals surface area (Å²) in [5.74, 6) is 0.235. The molecule has 5 heteroatoms. The van der Waals surface area contributed by atoms with E-state index in [0.29, 0.717) is 0 Å². The summed E-state index contributed by atoms with van der Waals surface area (Å²) in [5.41, 5.74) is 0.892. The third-order valence-corrected chi connectivity index (χ3v) is 7.50. The van der Waals surface area contributed by atoms with E-state index < -0.39 is 6.19 Å². The fourth-order valence-electron chi connectivity index (χ4n) is 2.29. The first kappa shape index (κ1) is 16.4. The van der Waals surface area contributed by atoms with Crippen molar-refractivity contribution < 1.29 is 5.11 Å². The van der Waals surface area contributed by atoms with Gasteiger partial charge in [-0.15, -0.1) is 0 Å². The van der Waals surface area contributed by atoms with Gasteiger partial charge in [0.05, 0.1) is 6.21 Å². The van der Waals surface area contributed by atoms with Crippen molar-refractivity contribution in [2.45, 2.75) is 0 Å². The van der Waals surface area contributed by atoms with E-state index in [1.165, 1.54) is 0 Å². The van der Waals surface area contributed by atoms with Crippen molar-refractivity contribution in [1.82, 2.24) is 5.20 Å². The van der Waals surface area contributed by atoms with Gasteiger partial charge in [0.15, 0.2) is 0 Å². The molecule has 0 amide bonds. The quantitative estimate of drug-likeness (QED) is 0.420. The van der Waals surface area contributed by atoms with Crippen LogP contribution in [0, 0.1) is 0 Å². The average Bonchev–Trinajstić information content (AvgIpc) is 2.65. The zero-order chi connectivity index (χ0) is 16.8. The highest BCUT2D eigenvalue weighted by atomic mass is 32.4. The van der Waals surface area contributed by atoms with Crippen LogP contribution < -0.4 is 15.8 Å². The monoisotopic (exact) mass is 352 g/mol. The maximum absolute atomic E-state index is 9.34. The Balaban J connectivity index is 1.91. The molecule has 0 aliphatic rings. The molecule has 0 heterocycles. The Kier molecular flexibility index (Phi) is 5.09. The lowest BCUT2D eigenvalue weighted by atomic mass is 10.2. The van der Waals surface area contributed by atoms with Crippen molar-refractivity contribution in [1.29, 1.82) is 0 Å². The van der Waals surface area contributed by atoms with Crippen molar-refractivity contribution in [2.75, 3.05) is 0 Å². The molecular formula is C19H17N2OPS. The van der Waals surface area contributed by atoms with Crippen LogP contribution in [-0.4, -0.2) is 11.3 Å². The Morgan fingerprint density at radius 2 is 1.29 bits per heavy atom. The summed E-state index contributed by atoms with van der Waals surface area (Å²) in [5, 5.41) is 19.1. The molecule has 0 aliphatic heterocycles. The number of hydrogen-bond donors (Lipinski definition) is 2. The number of benzene rings is 3. The van der Waals surface area contributed by atoms with Gasteiger partial charge in [-0.1, -0.05) is 72.5 Å². The molecule has 0 bridgehead atoms. The standard InChI is InChI=1S/C19H17N2OPS/c22-17-13-11-16(12-14-17)15-20-21-23(24,18-7-3-1-4-8-18)19-9-5-2-6-10-19/h1-15,22H,(H,21,24)/b20-15+. The molecule has 0 saturated heterocycles. The lowest BCUT2D eigenvalue weighted by Crippen LogP contribution is -2.24. The number of hydrazone groups is 1. The molecule has 2 N–H and O–H groups in total. The lowest BCUT2D eigenvalue weighted by molar-refractivity contribution is 0.475. The Bertz CT molecular complexity index is 821. The van der Waals surface area contributed by atoms with Crippen LogP contribution in [0.4, 0.5) is 0 Å². The topological polar surface area (TPSA) is 44.6 Å². The second kappa shape index (κ2) is 7.43. The van der Waals surface area contributed by atoms with Crippen molar-refractivity contribution in [2.24, 2.45) is 5.10 Å². The lowest BCUT2D eigenvalue weighted by Gasteiger charge is -2.22. The summed E-state index contributed by atoms with van der Waals surface area (Å²) in [6, 6.07) is 26.9. The minimum Gasteiger partial charge on any atom is -0.508 e. The molecular weight excluding hydrogens is 335 g/mol. The minimum absolute atomic E-state index is 0.235. The van der Waals surface area contributed by atoms with Crippen LogP contribution in [0.25, 0.3) is 0 Å². The molecule has 3 aromatic rings. The van der Waals surface area contributed by atoms with Gasteiger partial charge in [0.1, 0.15) is 11.9 Å². The maximum Gasteiger partial charge on any atom is 0.115 e. The molecule has 0 aliphatic carbocycles. The highest BCUT2D eigenvalue weighted by Crippen LogP contribution is 2.38. The molecule has 120 valence electrons. The third kappa shape index (κ3) is 3.73. The van der Waals surface area contributed by atoms with Gasteiger partial charge in [0, 0.05) is 10.6 Å². The summed E-state index contributed by atoms with van der Waals surface area (Å²) >= 11 is 6.02. The number of aromatic hydroxyl groups is 1. The van der Waals surface area contributed by atoms with Gasteiger partial charge in [-0.05, 0) is 29.8 Å². The molecule has 3 aromatic carbocycles. The number of hydrogen-bond acceptors (Lipinski definition) is 3. The molecule has 0 spiro atoms. The van der Waals surface area contributed by atoms with E-state index in [4.69, 9.17) is 11.8 Å². The predicted octanol–water partition coefficient (Wildman–Crippen LogP) is 3.36. The minimum atomic E-state index is -2.23. The van der Waals surface area contributed by atoms with Crippen molar-refractivity contribution in [3.05, 3.63) is 90.5 Å². The SMILES string of the molecule is Oc1ccc(/C=N/NP(=S)(c2ccccc2)c2ccccc2)cc1. The first-order valence-electron chi connectivity index (χ1n) is 7.49. The second-order valence-corrected chi connectivity index (χ2v) is 9.32. The molecule has 3 rings (SSSR count). The molecule has 0 aromatic heterocycles. The van der Waals surface area contributed by atoms with E-state index in [0.717, 1.165) is 16.2 Å². The average molecular weight is 352 g/mol. The Morgan fingerprint density at radius 3 is 1.79 bits per heavy atom. The summed E-state index contributed by atoms with van der Waals surface area (Å²) < 4.78 is 0. The molecule has 0 fully saturated rings. The van der Waals surface area contributed by atoms with Gasteiger partial charge in [-0.3, -0.25) is 5.20 Å². The van der Waals surface area contributed by atoms with Gasteiger partial charge in [0.2, 0.25) is 0 Å². The number of rotatable bonds is 5. The number of phenols is 1. The van der Waals surface area contributed by atoms with Gasteiger partial charge >= 0.3 is 0 Å². The molecule has 3 nitrogen and oxygen atoms in total. The smallest absolute Gasteiger partial charge is 0.115 e. The summed E-state index contributed by atoms with van der Waals surface area (Å²) in [4.78, 5) is 0. The maximum atomic E-state index is 9.34. The zero-order valence-corrected chi connectivity index (χ0v) is 14.6. The van der Waals surface area contributed by atoms with Crippen LogP contribution in [0.1, 0.15) is 5.56 Å². The first-order chi connectivity index (χ1) is 11.7. The van der Waals surface area contributed by atoms with Crippen LogP contribution in [0.15, 0.2) is 90.0 Å². The molecule has 0 radical (unpaired) electrons. The van der Waals surface area contributed by atoms with Crippen molar-refractivity contribution in [3.63, 3.8) is 0 Å². The van der Waals surface area contributed by atoms with Gasteiger partial charge in [0.25, 0.3) is 0 Å². The number of nitrogens with one attached hydrogen (secondary N) is 1. The van der Waals surface area contributed by atoms with E-state index >= 15 is 0 Å². The molecule has 0 saturated carbocycles. The van der Waals surface area contributed by atoms with Crippen LogP contribution >= 0.6 is 6.19 Å². The summed E-state index contributed by atoms with van der Waals surface area (Å²) in [7, 11) is 0. The third-order valence-electron chi connectivity index (χ3n) is 3.54. The number of phenolic OH excluding ortho intramolecular Hbond substituents is 1. The van der Waals surface area contributed by atoms with Crippen LogP contribution in [0.2, 0.25) is 0 Å². The van der Waals surface area contributed by atoms with Gasteiger partial charge in [-0.2, -0.15) is 5.10 Å². The molecule has 24 heavy (non-hydrogen) atoms. The fraction of sp³-hybridized carbons (Fsp3) is 0. The molecule has 0 unspecified atom stereocenters. The predicted molar refractivity (Wildman–Crippen MR) is 105 cm³/mol. The zero-order valence-electron chi connectivity index (χ0n) is 12.9. The van der Waals surface area contributed by atoms with E-state index in [1.807, 2.05) is 60.7 Å². The van der Waals surface area contributed by atoms with Gasteiger partial charge in [-0.25, -0.2) is 0 Å². The van der Waals surface area contributed by atoms with Crippen LogP contribution in [0.3, 0.4) is 0 Å². The Labute approximate surface area is 146 Å². The van der Waals surface area contributed by atoms with E-state index in [1.54, 1.807) is 30.5 Å². The fourth-order valence-corrected chi connectivity index (χ4v) is 5.09. The van der Waals surface area contributed by atoms with Crippen LogP contribution in [0.5, 0.6) is 5.75 Å². The van der Waals surface area contributed by atoms with E-state index in [2.05, 4.69) is 10.3 Å². The largest absolute Gasteiger partial charge is 0.508 e. The highest BCUT2D eigenvalue weighted by molar-refractivity contribution is 8.20. The Morgan fingerprint density at radius 1 is 0.792 bits per heavy atom. The van der Waals surface area contributed by atoms with E-state index in [9.17, 15) is 5.11 Å². The Hall–Kier alpha value is -2.42. The first-order valence-corrected chi connectivity index (χ1v) is 10.3. The van der Waals surface area contributed by atoms with Crippen molar-refractivity contribution in [3.8, 4) is 5.75 Å². The summed E-state index contributed by atoms with van der Waals surface area (Å²) in [6.45, 7) is 0. The highest BCUT2D eigenvalue weighted by Gasteiger charge is 2.21. The van der Waals surface area contributed by atoms with Crippen molar-refractivity contribution >= 4 is 34.8 Å². The van der Waals surface area contributed by atoms with Gasteiger partial charge < -0.3 is 5.11 Å². The normalized spacial score (nSPS) is 11.5. The summed E-state index contributed by atoms with van der Waals surface area (Å²) in [6.07, 6.45) is -0.520. The van der Waals surface area contributed by atoms with Crippen LogP contribution in [-0.2, 0) is 11.8 Å². The number of nitrogens with zero attached hydrogens (tertiary/aromatic N) is 1.